The largest absolute Gasteiger partial charge is 1.00 e. The van der Waals surface area contributed by atoms with Crippen LogP contribution >= 0.6 is 0 Å². The number of hydrogen-bond donors (Lipinski definition) is 1. The van der Waals surface area contributed by atoms with Gasteiger partial charge in [-0.1, -0.05) is 0 Å². The second-order valence-corrected chi connectivity index (χ2v) is 1.22. The van der Waals surface area contributed by atoms with E-state index in [1.807, 2.05) is 0 Å². The molecule has 0 heterocycles. The zero-order chi connectivity index (χ0) is 5.44. The van der Waals surface area contributed by atoms with Gasteiger partial charge in [0.1, 0.15) is 0 Å². The molecule has 0 saturated carbocycles. The standard InChI is InChI=1S/C4H2O3.K.H2O/c5-2-1-3(6)4(2)7;;/h1,5H;;1H2/q;+1;. The molecule has 44 valence electrons. The normalized spacial score (nSPS) is 7.56. The van der Waals surface area contributed by atoms with Crippen LogP contribution in [0.1, 0.15) is 0 Å². The number of aromatic hydroxyl groups is 1. The minimum Gasteiger partial charge on any atom is -0.504 e. The molecule has 0 unspecified atom stereocenters. The van der Waals surface area contributed by atoms with Gasteiger partial charge in [0.2, 0.25) is 5.43 Å². The molecular formula is C4H4KO4+. The SMILES string of the molecule is O.O=c1cc(O)c1=O.[K+]. The Kier molecular flexibility index (Phi) is 5.84. The third-order valence-electron chi connectivity index (χ3n) is 0.724. The summed E-state index contributed by atoms with van der Waals surface area (Å²) < 4.78 is 0. The topological polar surface area (TPSA) is 85.9 Å². The molecule has 0 aromatic heterocycles. The molecule has 0 aliphatic rings. The molecule has 1 rings (SSSR count). The average molecular weight is 155 g/mol. The molecule has 5 heteroatoms. The van der Waals surface area contributed by atoms with E-state index >= 15 is 0 Å². The van der Waals surface area contributed by atoms with Crippen molar-refractivity contribution in [3.8, 4) is 5.75 Å². The summed E-state index contributed by atoms with van der Waals surface area (Å²) in [6, 6.07) is 0.891. The molecule has 0 spiro atoms. The van der Waals surface area contributed by atoms with E-state index in [0.717, 1.165) is 6.07 Å². The van der Waals surface area contributed by atoms with E-state index in [0.29, 0.717) is 0 Å². The van der Waals surface area contributed by atoms with Crippen LogP contribution in [0.3, 0.4) is 0 Å². The van der Waals surface area contributed by atoms with E-state index in [1.165, 1.54) is 0 Å². The molecule has 0 bridgehead atoms. The summed E-state index contributed by atoms with van der Waals surface area (Å²) in [5, 5.41) is 8.18. The zero-order valence-corrected chi connectivity index (χ0v) is 7.96. The average Bonchev–Trinajstić information content (AvgIpc) is 1.68. The third kappa shape index (κ3) is 2.28. The van der Waals surface area contributed by atoms with E-state index in [4.69, 9.17) is 5.11 Å². The summed E-state index contributed by atoms with van der Waals surface area (Å²) in [5.74, 6) is -0.426. The Morgan fingerprint density at radius 3 is 1.78 bits per heavy atom. The van der Waals surface area contributed by atoms with Crippen molar-refractivity contribution in [2.45, 2.75) is 0 Å². The summed E-state index contributed by atoms with van der Waals surface area (Å²) in [7, 11) is 0. The van der Waals surface area contributed by atoms with E-state index in [1.54, 1.807) is 0 Å². The monoisotopic (exact) mass is 155 g/mol. The minimum absolute atomic E-state index is 0. The van der Waals surface area contributed by atoms with Crippen molar-refractivity contribution in [3.05, 3.63) is 26.5 Å². The Hall–Kier alpha value is 0.476. The van der Waals surface area contributed by atoms with Crippen LogP contribution in [0.5, 0.6) is 5.75 Å². The molecule has 0 aliphatic carbocycles. The van der Waals surface area contributed by atoms with Gasteiger partial charge in [0.05, 0.1) is 0 Å². The summed E-state index contributed by atoms with van der Waals surface area (Å²) in [6.45, 7) is 0. The van der Waals surface area contributed by atoms with E-state index < -0.39 is 16.6 Å². The van der Waals surface area contributed by atoms with Crippen LogP contribution < -0.4 is 62.2 Å². The minimum atomic E-state index is -0.778. The Morgan fingerprint density at radius 1 is 1.33 bits per heavy atom. The number of hydrogen-bond acceptors (Lipinski definition) is 3. The fraction of sp³-hybridized carbons (Fsp3) is 0. The van der Waals surface area contributed by atoms with Gasteiger partial charge in [0.25, 0.3) is 5.43 Å². The summed E-state index contributed by atoms with van der Waals surface area (Å²) >= 11 is 0. The van der Waals surface area contributed by atoms with Gasteiger partial charge in [0.15, 0.2) is 5.75 Å². The fourth-order valence-corrected chi connectivity index (χ4v) is 0.304. The predicted molar refractivity (Wildman–Crippen MR) is 26.6 cm³/mol. The Balaban J connectivity index is 0. The maximum atomic E-state index is 9.89. The molecule has 1 aromatic rings. The van der Waals surface area contributed by atoms with Crippen molar-refractivity contribution in [1.29, 1.82) is 0 Å². The first-order valence-electron chi connectivity index (χ1n) is 1.71. The third-order valence-corrected chi connectivity index (χ3v) is 0.724. The van der Waals surface area contributed by atoms with E-state index in [2.05, 4.69) is 0 Å². The maximum Gasteiger partial charge on any atom is 1.00 e. The van der Waals surface area contributed by atoms with E-state index in [9.17, 15) is 9.59 Å². The van der Waals surface area contributed by atoms with Gasteiger partial charge in [-0.3, -0.25) is 9.59 Å². The van der Waals surface area contributed by atoms with Crippen LogP contribution in [0, 0.1) is 0 Å². The second-order valence-electron chi connectivity index (χ2n) is 1.22. The Morgan fingerprint density at radius 2 is 1.78 bits per heavy atom. The second kappa shape index (κ2) is 4.32. The Bertz CT molecular complexity index is 246. The molecular weight excluding hydrogens is 151 g/mol. The van der Waals surface area contributed by atoms with Crippen LogP contribution in [-0.2, 0) is 0 Å². The van der Waals surface area contributed by atoms with Crippen LogP contribution in [0.15, 0.2) is 15.7 Å². The van der Waals surface area contributed by atoms with Gasteiger partial charge in [-0.25, -0.2) is 0 Å². The molecule has 4 nitrogen and oxygen atoms in total. The first-order valence-corrected chi connectivity index (χ1v) is 1.71. The molecule has 0 amide bonds. The molecule has 9 heavy (non-hydrogen) atoms. The van der Waals surface area contributed by atoms with Crippen LogP contribution in [0.4, 0.5) is 0 Å². The first kappa shape index (κ1) is 12.2. The van der Waals surface area contributed by atoms with Gasteiger partial charge < -0.3 is 10.6 Å². The first-order chi connectivity index (χ1) is 3.22. The van der Waals surface area contributed by atoms with Gasteiger partial charge in [-0.2, -0.15) is 0 Å². The maximum absolute atomic E-state index is 9.89. The molecule has 0 atom stereocenters. The number of rotatable bonds is 0. The Labute approximate surface area is 92.9 Å². The van der Waals surface area contributed by atoms with Crippen molar-refractivity contribution in [1.82, 2.24) is 0 Å². The molecule has 0 fully saturated rings. The van der Waals surface area contributed by atoms with Crippen LogP contribution in [0.25, 0.3) is 0 Å². The molecule has 0 radical (unpaired) electrons. The molecule has 0 aliphatic heterocycles. The molecule has 1 aromatic carbocycles. The summed E-state index contributed by atoms with van der Waals surface area (Å²) in [4.78, 5) is 19.7. The fourth-order valence-electron chi connectivity index (χ4n) is 0.304. The molecule has 0 saturated heterocycles. The van der Waals surface area contributed by atoms with Gasteiger partial charge in [-0.05, 0) is 0 Å². The van der Waals surface area contributed by atoms with Gasteiger partial charge >= 0.3 is 51.4 Å². The van der Waals surface area contributed by atoms with Crippen molar-refractivity contribution >= 4 is 0 Å². The van der Waals surface area contributed by atoms with Crippen LogP contribution in [0.2, 0.25) is 0 Å². The van der Waals surface area contributed by atoms with Crippen molar-refractivity contribution in [2.24, 2.45) is 0 Å². The zero-order valence-electron chi connectivity index (χ0n) is 4.84. The van der Waals surface area contributed by atoms with Crippen molar-refractivity contribution < 1.29 is 62.0 Å². The van der Waals surface area contributed by atoms with Crippen molar-refractivity contribution in [2.75, 3.05) is 0 Å². The molecule has 3 N–H and O–H groups in total. The smallest absolute Gasteiger partial charge is 0.504 e. The van der Waals surface area contributed by atoms with Gasteiger partial charge in [-0.15, -0.1) is 0 Å². The van der Waals surface area contributed by atoms with Crippen LogP contribution in [-0.4, -0.2) is 10.6 Å². The summed E-state index contributed by atoms with van der Waals surface area (Å²) in [5.41, 5.74) is -1.39. The van der Waals surface area contributed by atoms with Crippen molar-refractivity contribution in [3.63, 3.8) is 0 Å². The predicted octanol–water partition coefficient (Wildman–Crippen LogP) is -4.83. The van der Waals surface area contributed by atoms with Gasteiger partial charge in [0, 0.05) is 6.07 Å². The quantitative estimate of drug-likeness (QED) is 0.301. The van der Waals surface area contributed by atoms with E-state index in [-0.39, 0.29) is 56.9 Å². The summed E-state index contributed by atoms with van der Waals surface area (Å²) in [6.07, 6.45) is 0.